The summed E-state index contributed by atoms with van der Waals surface area (Å²) in [6.07, 6.45) is 4.96. The third-order valence-electron chi connectivity index (χ3n) is 5.23. The van der Waals surface area contributed by atoms with Crippen LogP contribution in [0.4, 0.5) is 5.69 Å². The summed E-state index contributed by atoms with van der Waals surface area (Å²) in [5, 5.41) is 4.53. The third-order valence-corrected chi connectivity index (χ3v) is 6.61. The van der Waals surface area contributed by atoms with Crippen molar-refractivity contribution in [3.05, 3.63) is 96.6 Å². The number of aromatic nitrogens is 3. The Kier molecular flexibility index (Phi) is 5.23. The maximum Gasteiger partial charge on any atom is 0.267 e. The first-order valence-electron chi connectivity index (χ1n) is 10.2. The Morgan fingerprint density at radius 3 is 2.58 bits per heavy atom. The molecule has 0 saturated carbocycles. The maximum atomic E-state index is 12.9. The lowest BCUT2D eigenvalue weighted by Gasteiger charge is -2.11. The van der Waals surface area contributed by atoms with E-state index in [1.807, 2.05) is 12.1 Å². The molecule has 3 aromatic heterocycles. The number of fused-ring (bicyclic) bond motifs is 2. The molecule has 3 N–H and O–H groups in total. The molecule has 9 heteroatoms. The Balaban J connectivity index is 1.28. The van der Waals surface area contributed by atoms with E-state index in [0.29, 0.717) is 16.9 Å². The number of carbonyl (C=O) groups excluding carboxylic acids is 1. The van der Waals surface area contributed by atoms with Gasteiger partial charge in [0.1, 0.15) is 5.69 Å². The zero-order valence-electron chi connectivity index (χ0n) is 17.3. The van der Waals surface area contributed by atoms with E-state index in [9.17, 15) is 13.2 Å². The molecule has 3 heterocycles. The third kappa shape index (κ3) is 4.26. The van der Waals surface area contributed by atoms with E-state index in [4.69, 9.17) is 0 Å². The molecule has 1 amide bonds. The topological polar surface area (TPSA) is 117 Å². The van der Waals surface area contributed by atoms with Crippen LogP contribution in [0.15, 0.2) is 90.2 Å². The molecule has 0 atom stereocenters. The molecule has 5 rings (SSSR count). The molecule has 0 saturated heterocycles. The van der Waals surface area contributed by atoms with E-state index >= 15 is 0 Å². The quantitative estimate of drug-likeness (QED) is 0.358. The molecule has 164 valence electrons. The van der Waals surface area contributed by atoms with Crippen molar-refractivity contribution in [1.82, 2.24) is 20.3 Å². The Hall–Kier alpha value is -4.24. The molecule has 2 aromatic carbocycles. The van der Waals surface area contributed by atoms with Crippen molar-refractivity contribution < 1.29 is 13.2 Å². The van der Waals surface area contributed by atoms with Gasteiger partial charge in [-0.3, -0.25) is 19.5 Å². The second kappa shape index (κ2) is 8.36. The maximum absolute atomic E-state index is 12.9. The summed E-state index contributed by atoms with van der Waals surface area (Å²) in [6, 6.07) is 18.9. The van der Waals surface area contributed by atoms with Crippen molar-refractivity contribution in [2.75, 3.05) is 4.72 Å². The number of benzene rings is 2. The van der Waals surface area contributed by atoms with Gasteiger partial charge in [-0.25, -0.2) is 8.42 Å². The van der Waals surface area contributed by atoms with Crippen molar-refractivity contribution in [3.63, 3.8) is 0 Å². The number of hydrogen-bond donors (Lipinski definition) is 3. The average molecular weight is 458 g/mol. The highest BCUT2D eigenvalue weighted by Crippen LogP contribution is 2.24. The summed E-state index contributed by atoms with van der Waals surface area (Å²) in [6.45, 7) is 0.257. The predicted octanol–water partition coefficient (Wildman–Crippen LogP) is 3.84. The van der Waals surface area contributed by atoms with Crippen LogP contribution in [-0.2, 0) is 16.6 Å². The number of sulfonamides is 1. The molecule has 0 radical (unpaired) electrons. The molecule has 33 heavy (non-hydrogen) atoms. The lowest BCUT2D eigenvalue weighted by molar-refractivity contribution is 0.0946. The van der Waals surface area contributed by atoms with Gasteiger partial charge in [-0.1, -0.05) is 30.3 Å². The normalized spacial score (nSPS) is 11.5. The number of nitrogens with zero attached hydrogens (tertiary/aromatic N) is 2. The van der Waals surface area contributed by atoms with Gasteiger partial charge in [-0.2, -0.15) is 0 Å². The number of aromatic amines is 1. The van der Waals surface area contributed by atoms with Crippen molar-refractivity contribution in [2.45, 2.75) is 11.4 Å². The zero-order valence-corrected chi connectivity index (χ0v) is 18.1. The number of rotatable bonds is 6. The van der Waals surface area contributed by atoms with E-state index in [1.54, 1.807) is 61.1 Å². The Labute approximate surface area is 189 Å². The lowest BCUT2D eigenvalue weighted by atomic mass is 10.2. The molecule has 5 aromatic rings. The van der Waals surface area contributed by atoms with Gasteiger partial charge in [0.2, 0.25) is 0 Å². The fourth-order valence-corrected chi connectivity index (χ4v) is 4.62. The summed E-state index contributed by atoms with van der Waals surface area (Å²) in [7, 11) is -3.80. The van der Waals surface area contributed by atoms with Crippen molar-refractivity contribution >= 4 is 43.4 Å². The van der Waals surface area contributed by atoms with Crippen LogP contribution in [0.3, 0.4) is 0 Å². The first kappa shape index (κ1) is 20.7. The highest BCUT2D eigenvalue weighted by molar-refractivity contribution is 7.92. The van der Waals surface area contributed by atoms with Gasteiger partial charge in [-0.15, -0.1) is 0 Å². The van der Waals surface area contributed by atoms with Gasteiger partial charge in [0.05, 0.1) is 16.1 Å². The standard InChI is InChI=1S/C24H19N5O3S/c30-24(22-13-18-15-25-12-10-20(18)28-22)27-14-16-6-8-19(9-7-16)33(31,32)29-21-5-1-3-17-4-2-11-26-23(17)21/h1-13,15,28-29H,14H2,(H,27,30). The first-order chi connectivity index (χ1) is 16.0. The number of amides is 1. The first-order valence-corrected chi connectivity index (χ1v) is 11.6. The van der Waals surface area contributed by atoms with Crippen LogP contribution < -0.4 is 10.0 Å². The molecule has 0 fully saturated rings. The Morgan fingerprint density at radius 2 is 1.76 bits per heavy atom. The Morgan fingerprint density at radius 1 is 0.939 bits per heavy atom. The van der Waals surface area contributed by atoms with Crippen LogP contribution in [-0.4, -0.2) is 29.3 Å². The summed E-state index contributed by atoms with van der Waals surface area (Å²) in [5.74, 6) is -0.256. The molecule has 8 nitrogen and oxygen atoms in total. The smallest absolute Gasteiger partial charge is 0.267 e. The number of pyridine rings is 2. The van der Waals surface area contributed by atoms with Crippen LogP contribution >= 0.6 is 0 Å². The second-order valence-electron chi connectivity index (χ2n) is 7.46. The number of nitrogens with one attached hydrogen (secondary N) is 3. The van der Waals surface area contributed by atoms with Crippen LogP contribution in [0.2, 0.25) is 0 Å². The van der Waals surface area contributed by atoms with Gasteiger partial charge < -0.3 is 10.3 Å². The predicted molar refractivity (Wildman–Crippen MR) is 126 cm³/mol. The largest absolute Gasteiger partial charge is 0.350 e. The number of anilines is 1. The van der Waals surface area contributed by atoms with Gasteiger partial charge in [0, 0.05) is 41.4 Å². The van der Waals surface area contributed by atoms with Crippen LogP contribution in [0.1, 0.15) is 16.1 Å². The fraction of sp³-hybridized carbons (Fsp3) is 0.0417. The molecular formula is C24H19N5O3S. The average Bonchev–Trinajstić information content (AvgIpc) is 3.27. The number of para-hydroxylation sites is 1. The van der Waals surface area contributed by atoms with E-state index in [2.05, 4.69) is 25.0 Å². The fourth-order valence-electron chi connectivity index (χ4n) is 3.55. The molecule has 0 bridgehead atoms. The number of hydrogen-bond acceptors (Lipinski definition) is 5. The second-order valence-corrected chi connectivity index (χ2v) is 9.14. The van der Waals surface area contributed by atoms with Crippen LogP contribution in [0, 0.1) is 0 Å². The highest BCUT2D eigenvalue weighted by atomic mass is 32.2. The molecular weight excluding hydrogens is 438 g/mol. The summed E-state index contributed by atoms with van der Waals surface area (Å²) in [4.78, 5) is 23.9. The van der Waals surface area contributed by atoms with E-state index < -0.39 is 10.0 Å². The summed E-state index contributed by atoms with van der Waals surface area (Å²) < 4.78 is 28.4. The SMILES string of the molecule is O=C(NCc1ccc(S(=O)(=O)Nc2cccc3cccnc23)cc1)c1cc2cnccc2[nH]1. The lowest BCUT2D eigenvalue weighted by Crippen LogP contribution is -2.23. The van der Waals surface area contributed by atoms with E-state index in [1.165, 1.54) is 12.1 Å². The van der Waals surface area contributed by atoms with Crippen molar-refractivity contribution in [1.29, 1.82) is 0 Å². The summed E-state index contributed by atoms with van der Waals surface area (Å²) in [5.41, 5.74) is 3.03. The number of H-pyrrole nitrogens is 1. The van der Waals surface area contributed by atoms with Gasteiger partial charge in [-0.05, 0) is 42.0 Å². The Bertz CT molecular complexity index is 1540. The minimum atomic E-state index is -3.80. The van der Waals surface area contributed by atoms with Crippen molar-refractivity contribution in [3.8, 4) is 0 Å². The minimum absolute atomic E-state index is 0.119. The van der Waals surface area contributed by atoms with E-state index in [-0.39, 0.29) is 17.3 Å². The molecule has 0 aliphatic heterocycles. The minimum Gasteiger partial charge on any atom is -0.350 e. The molecule has 0 aliphatic rings. The monoisotopic (exact) mass is 457 g/mol. The zero-order chi connectivity index (χ0) is 22.8. The van der Waals surface area contributed by atoms with Gasteiger partial charge >= 0.3 is 0 Å². The summed E-state index contributed by atoms with van der Waals surface area (Å²) >= 11 is 0. The van der Waals surface area contributed by atoms with Gasteiger partial charge in [0.15, 0.2) is 0 Å². The highest BCUT2D eigenvalue weighted by Gasteiger charge is 2.16. The molecule has 0 spiro atoms. The van der Waals surface area contributed by atoms with Gasteiger partial charge in [0.25, 0.3) is 15.9 Å². The van der Waals surface area contributed by atoms with Crippen molar-refractivity contribution in [2.24, 2.45) is 0 Å². The number of carbonyl (C=O) groups is 1. The van der Waals surface area contributed by atoms with Crippen LogP contribution in [0.25, 0.3) is 21.8 Å². The van der Waals surface area contributed by atoms with E-state index in [0.717, 1.165) is 21.9 Å². The van der Waals surface area contributed by atoms with Crippen LogP contribution in [0.5, 0.6) is 0 Å². The molecule has 0 aliphatic carbocycles. The molecule has 0 unspecified atom stereocenters.